The van der Waals surface area contributed by atoms with Crippen LogP contribution in [0.1, 0.15) is 35.7 Å². The molecule has 2 unspecified atom stereocenters. The molecule has 2 radical (unpaired) electrons. The van der Waals surface area contributed by atoms with E-state index < -0.39 is 5.91 Å². The lowest BCUT2D eigenvalue weighted by Crippen LogP contribution is -2.26. The van der Waals surface area contributed by atoms with Crippen LogP contribution in [-0.4, -0.2) is 27.6 Å². The average molecular weight is 315 g/mol. The topological polar surface area (TPSA) is 60.8 Å². The summed E-state index contributed by atoms with van der Waals surface area (Å²) in [6, 6.07) is 2.69. The van der Waals surface area contributed by atoms with E-state index in [4.69, 9.17) is 0 Å². The third kappa shape index (κ3) is 2.83. The Bertz CT molecular complexity index is 708. The largest absolute Gasteiger partial charge is 0.508 e. The fourth-order valence-corrected chi connectivity index (χ4v) is 2.97. The summed E-state index contributed by atoms with van der Waals surface area (Å²) >= 11 is 0. The molecule has 3 rings (SSSR count). The number of aromatic hydroxyl groups is 2. The lowest BCUT2D eigenvalue weighted by atomic mass is 9.92. The zero-order chi connectivity index (χ0) is 16.7. The predicted molar refractivity (Wildman–Crippen MR) is 83.5 cm³/mol. The molecular formula is C18H18FNO3. The lowest BCUT2D eigenvalue weighted by molar-refractivity contribution is 0.0813. The maximum absolute atomic E-state index is 13.3. The second-order valence-electron chi connectivity index (χ2n) is 6.23. The molecule has 2 aliphatic rings. The number of likely N-dealkylation sites (tertiary alicyclic amines) is 1. The first-order valence-corrected chi connectivity index (χ1v) is 7.56. The summed E-state index contributed by atoms with van der Waals surface area (Å²) in [5, 5.41) is 19.9. The van der Waals surface area contributed by atoms with Crippen LogP contribution >= 0.6 is 0 Å². The van der Waals surface area contributed by atoms with E-state index >= 15 is 0 Å². The summed E-state index contributed by atoms with van der Waals surface area (Å²) in [6.45, 7) is 7.11. The van der Waals surface area contributed by atoms with E-state index in [0.717, 1.165) is 0 Å². The number of amides is 1. The maximum atomic E-state index is 13.3. The summed E-state index contributed by atoms with van der Waals surface area (Å²) in [5.41, 5.74) is 0.708. The Morgan fingerprint density at radius 3 is 2.78 bits per heavy atom. The number of halogens is 1. The van der Waals surface area contributed by atoms with Gasteiger partial charge in [0.1, 0.15) is 23.9 Å². The van der Waals surface area contributed by atoms with Crippen LogP contribution < -0.4 is 0 Å². The van der Waals surface area contributed by atoms with Gasteiger partial charge in [0.25, 0.3) is 5.91 Å². The van der Waals surface area contributed by atoms with Crippen molar-refractivity contribution < 1.29 is 19.4 Å². The summed E-state index contributed by atoms with van der Waals surface area (Å²) in [7, 11) is 0. The van der Waals surface area contributed by atoms with Crippen LogP contribution in [0, 0.1) is 18.4 Å². The average Bonchev–Trinajstić information content (AvgIpc) is 2.89. The van der Waals surface area contributed by atoms with Crippen molar-refractivity contribution in [2.45, 2.75) is 19.8 Å². The normalized spacial score (nSPS) is 23.1. The molecule has 1 amide bonds. The number of fused-ring (bicyclic) bond motifs is 1. The number of carbonyl (C=O) groups excluding carboxylic acids is 1. The van der Waals surface area contributed by atoms with Gasteiger partial charge in [0.05, 0.1) is 5.56 Å². The van der Waals surface area contributed by atoms with Crippen LogP contribution in [0.3, 0.4) is 0 Å². The van der Waals surface area contributed by atoms with Crippen molar-refractivity contribution in [1.29, 1.82) is 0 Å². The van der Waals surface area contributed by atoms with Crippen molar-refractivity contribution in [3.05, 3.63) is 53.9 Å². The summed E-state index contributed by atoms with van der Waals surface area (Å²) in [5.74, 6) is -1.28. The van der Waals surface area contributed by atoms with Gasteiger partial charge in [0.15, 0.2) is 0 Å². The molecular weight excluding hydrogens is 297 g/mol. The van der Waals surface area contributed by atoms with Gasteiger partial charge in [-0.1, -0.05) is 19.9 Å². The van der Waals surface area contributed by atoms with Crippen LogP contribution in [0.4, 0.5) is 4.39 Å². The zero-order valence-corrected chi connectivity index (χ0v) is 13.0. The number of phenols is 2. The van der Waals surface area contributed by atoms with Gasteiger partial charge in [-0.2, -0.15) is 0 Å². The Kier molecular flexibility index (Phi) is 3.88. The molecule has 0 saturated carbocycles. The van der Waals surface area contributed by atoms with Crippen LogP contribution in [0.25, 0.3) is 0 Å². The first kappa shape index (κ1) is 15.6. The van der Waals surface area contributed by atoms with Crippen molar-refractivity contribution in [2.24, 2.45) is 11.8 Å². The molecule has 2 atom stereocenters. The molecule has 1 aromatic carbocycles. The van der Waals surface area contributed by atoms with Gasteiger partial charge in [0, 0.05) is 24.4 Å². The number of allylic oxidation sites excluding steroid dienone is 2. The third-order valence-corrected chi connectivity index (χ3v) is 4.24. The quantitative estimate of drug-likeness (QED) is 0.879. The highest BCUT2D eigenvalue weighted by Crippen LogP contribution is 2.37. The van der Waals surface area contributed by atoms with Gasteiger partial charge in [-0.25, -0.2) is 4.39 Å². The molecule has 0 spiro atoms. The van der Waals surface area contributed by atoms with Crippen molar-refractivity contribution in [3.63, 3.8) is 0 Å². The van der Waals surface area contributed by atoms with Crippen molar-refractivity contribution in [1.82, 2.24) is 4.90 Å². The molecule has 1 saturated heterocycles. The number of carbonyl (C=O) groups is 1. The van der Waals surface area contributed by atoms with E-state index in [9.17, 15) is 19.4 Å². The molecule has 5 heteroatoms. The Morgan fingerprint density at radius 1 is 1.35 bits per heavy atom. The molecule has 1 aromatic rings. The molecule has 1 aliphatic carbocycles. The fourth-order valence-electron chi connectivity index (χ4n) is 2.97. The summed E-state index contributed by atoms with van der Waals surface area (Å²) in [4.78, 5) is 14.0. The van der Waals surface area contributed by atoms with Crippen LogP contribution in [0.15, 0.2) is 36.2 Å². The first-order valence-electron chi connectivity index (χ1n) is 7.56. The maximum Gasteiger partial charge on any atom is 0.258 e. The summed E-state index contributed by atoms with van der Waals surface area (Å²) in [6.07, 6.45) is 4.54. The number of nitrogens with zero attached hydrogens (tertiary/aromatic N) is 1. The van der Waals surface area contributed by atoms with E-state index in [1.165, 1.54) is 29.2 Å². The van der Waals surface area contributed by atoms with Crippen molar-refractivity contribution in [3.8, 4) is 11.5 Å². The second kappa shape index (κ2) is 5.72. The van der Waals surface area contributed by atoms with Gasteiger partial charge in [0.2, 0.25) is 0 Å². The highest BCUT2D eigenvalue weighted by atomic mass is 19.1. The highest BCUT2D eigenvalue weighted by molar-refractivity contribution is 5.98. The number of benzene rings is 1. The molecule has 2 N–H and O–H groups in total. The Morgan fingerprint density at radius 2 is 2.09 bits per heavy atom. The number of rotatable bonds is 2. The molecule has 0 aromatic heterocycles. The van der Waals surface area contributed by atoms with E-state index in [-0.39, 0.29) is 40.6 Å². The standard InChI is InChI=1S/C18H18FNO3/c1-10(2)14-6-15(17(22)7-16(14)21)18(23)20-8-11-3-4-13(19)5-12(11)9-20/h3-7,10-12,21-22H,9H2,1-2H3. The SMILES string of the molecule is CC(C)c1cc(C(=O)N2[C]C3C=CC(F)=CC3C2)c(O)cc1O. The van der Waals surface area contributed by atoms with E-state index in [1.807, 2.05) is 13.8 Å². The van der Waals surface area contributed by atoms with E-state index in [0.29, 0.717) is 12.1 Å². The van der Waals surface area contributed by atoms with E-state index in [2.05, 4.69) is 6.54 Å². The molecule has 4 nitrogen and oxygen atoms in total. The minimum Gasteiger partial charge on any atom is -0.508 e. The Labute approximate surface area is 134 Å². The second-order valence-corrected chi connectivity index (χ2v) is 6.23. The van der Waals surface area contributed by atoms with Crippen LogP contribution in [0.2, 0.25) is 0 Å². The van der Waals surface area contributed by atoms with Gasteiger partial charge in [-0.15, -0.1) is 0 Å². The Hall–Kier alpha value is -2.30. The van der Waals surface area contributed by atoms with Crippen molar-refractivity contribution >= 4 is 5.91 Å². The smallest absolute Gasteiger partial charge is 0.258 e. The molecule has 1 aliphatic heterocycles. The predicted octanol–water partition coefficient (Wildman–Crippen LogP) is 3.37. The minimum atomic E-state index is -0.402. The van der Waals surface area contributed by atoms with Crippen LogP contribution in [0.5, 0.6) is 11.5 Å². The van der Waals surface area contributed by atoms with Gasteiger partial charge in [-0.3, -0.25) is 4.79 Å². The van der Waals surface area contributed by atoms with Gasteiger partial charge in [-0.05, 0) is 29.7 Å². The van der Waals surface area contributed by atoms with Gasteiger partial charge >= 0.3 is 0 Å². The van der Waals surface area contributed by atoms with E-state index in [1.54, 1.807) is 6.08 Å². The molecule has 120 valence electrons. The zero-order valence-electron chi connectivity index (χ0n) is 13.0. The minimum absolute atomic E-state index is 0.0104. The Balaban J connectivity index is 1.87. The van der Waals surface area contributed by atoms with Gasteiger partial charge < -0.3 is 15.1 Å². The lowest BCUT2D eigenvalue weighted by Gasteiger charge is -2.18. The molecule has 1 fully saturated rings. The number of phenolic OH excluding ortho intramolecular Hbond substituents is 2. The van der Waals surface area contributed by atoms with Crippen LogP contribution in [-0.2, 0) is 0 Å². The molecule has 23 heavy (non-hydrogen) atoms. The monoisotopic (exact) mass is 315 g/mol. The summed E-state index contributed by atoms with van der Waals surface area (Å²) < 4.78 is 13.3. The molecule has 1 heterocycles. The van der Waals surface area contributed by atoms with Crippen molar-refractivity contribution in [2.75, 3.05) is 6.54 Å². The number of hydrogen-bond acceptors (Lipinski definition) is 3. The fraction of sp³-hybridized carbons (Fsp3) is 0.333. The number of hydrogen-bond donors (Lipinski definition) is 2. The molecule has 0 bridgehead atoms. The third-order valence-electron chi connectivity index (χ3n) is 4.24. The first-order chi connectivity index (χ1) is 10.9. The highest BCUT2D eigenvalue weighted by Gasteiger charge is 2.36.